The Labute approximate surface area is 180 Å². The molecule has 0 aliphatic rings. The molecule has 4 heteroatoms. The van der Waals surface area contributed by atoms with E-state index in [9.17, 15) is 15.0 Å². The molecule has 0 unspecified atom stereocenters. The molecular formula is C25H27NO3. The Morgan fingerprint density at radius 3 is 2.79 bits per heavy atom. The molecule has 3 N–H and O–H groups in total. The molecule has 29 heavy (non-hydrogen) atoms. The van der Waals surface area contributed by atoms with E-state index in [0.29, 0.717) is 24.0 Å². The van der Waals surface area contributed by atoms with Crippen molar-refractivity contribution in [1.29, 1.82) is 0 Å². The van der Waals surface area contributed by atoms with Crippen LogP contribution in [-0.4, -0.2) is 29.2 Å². The van der Waals surface area contributed by atoms with Gasteiger partial charge in [-0.2, -0.15) is 0 Å². The van der Waals surface area contributed by atoms with E-state index in [1.807, 2.05) is 19.1 Å². The lowest BCUT2D eigenvalue weighted by Gasteiger charge is -2.13. The number of aliphatic hydroxyl groups excluding tert-OH is 1. The highest BCUT2D eigenvalue weighted by atomic mass is 16.4. The van der Waals surface area contributed by atoms with Crippen molar-refractivity contribution < 1.29 is 23.2 Å². The number of benzene rings is 3. The number of hydrogen-bond donors (Lipinski definition) is 3. The van der Waals surface area contributed by atoms with Gasteiger partial charge in [0, 0.05) is 9.24 Å². The smallest absolute Gasteiger partial charge is 0.335 e. The van der Waals surface area contributed by atoms with Gasteiger partial charge in [0.25, 0.3) is 0 Å². The number of aryl methyl sites for hydroxylation is 2. The van der Waals surface area contributed by atoms with E-state index in [4.69, 9.17) is 8.22 Å². The van der Waals surface area contributed by atoms with E-state index in [-0.39, 0.29) is 18.2 Å². The minimum atomic E-state index is -2.04. The van der Waals surface area contributed by atoms with Crippen molar-refractivity contribution in [2.45, 2.75) is 25.9 Å². The summed E-state index contributed by atoms with van der Waals surface area (Å²) in [5.74, 6) is -1.49. The molecule has 3 rings (SSSR count). The lowest BCUT2D eigenvalue weighted by molar-refractivity contribution is 0.0697. The number of nitrogens with one attached hydrogen (secondary N) is 1. The fourth-order valence-electron chi connectivity index (χ4n) is 2.95. The maximum absolute atomic E-state index is 11.5. The number of carboxylic acids is 1. The number of hydrogen-bond acceptors (Lipinski definition) is 3. The maximum Gasteiger partial charge on any atom is 0.335 e. The Balaban J connectivity index is 1.72. The SMILES string of the molecule is [2H]c1c([2H])c(C(=O)O)c([2H])c(-c2cccc(CCCNC([2H])([2H])[C@H](O)c3cccc(C)c3)c2)c1[2H]. The molecule has 4 nitrogen and oxygen atoms in total. The summed E-state index contributed by atoms with van der Waals surface area (Å²) in [4.78, 5) is 11.5. The highest BCUT2D eigenvalue weighted by molar-refractivity contribution is 5.89. The third kappa shape index (κ3) is 6.01. The number of aliphatic hydroxyl groups is 1. The largest absolute Gasteiger partial charge is 0.478 e. The predicted octanol–water partition coefficient (Wildman–Crippen LogP) is 4.62. The minimum absolute atomic E-state index is 0.0130. The summed E-state index contributed by atoms with van der Waals surface area (Å²) in [7, 11) is 0. The zero-order valence-electron chi connectivity index (χ0n) is 22.1. The summed E-state index contributed by atoms with van der Waals surface area (Å²) in [5.41, 5.74) is 2.02. The van der Waals surface area contributed by atoms with Crippen molar-refractivity contribution in [3.8, 4) is 11.1 Å². The highest BCUT2D eigenvalue weighted by Crippen LogP contribution is 2.22. The van der Waals surface area contributed by atoms with Crippen LogP contribution in [0.2, 0.25) is 0 Å². The third-order valence-electron chi connectivity index (χ3n) is 4.42. The summed E-state index contributed by atoms with van der Waals surface area (Å²) in [5, 5.41) is 22.6. The van der Waals surface area contributed by atoms with Crippen LogP contribution in [-0.2, 0) is 6.42 Å². The van der Waals surface area contributed by atoms with Crippen LogP contribution in [0.15, 0.2) is 72.7 Å². The minimum Gasteiger partial charge on any atom is -0.478 e. The number of carboxylic acid groups (broad SMARTS) is 1. The first-order valence-electron chi connectivity index (χ1n) is 12.4. The third-order valence-corrected chi connectivity index (χ3v) is 4.42. The Morgan fingerprint density at radius 2 is 2.00 bits per heavy atom. The quantitative estimate of drug-likeness (QED) is 0.463. The van der Waals surface area contributed by atoms with Crippen LogP contribution in [0.3, 0.4) is 0 Å². The van der Waals surface area contributed by atoms with E-state index in [1.54, 1.807) is 36.4 Å². The van der Waals surface area contributed by atoms with Crippen LogP contribution in [0.4, 0.5) is 0 Å². The first kappa shape index (κ1) is 14.1. The Morgan fingerprint density at radius 1 is 1.17 bits per heavy atom. The average Bonchev–Trinajstić information content (AvgIpc) is 2.80. The maximum atomic E-state index is 11.5. The lowest BCUT2D eigenvalue weighted by atomic mass is 9.99. The molecule has 0 spiro atoms. The van der Waals surface area contributed by atoms with Gasteiger partial charge in [-0.05, 0) is 60.6 Å². The van der Waals surface area contributed by atoms with Crippen molar-refractivity contribution in [2.75, 3.05) is 13.0 Å². The van der Waals surface area contributed by atoms with Gasteiger partial charge in [0.2, 0.25) is 0 Å². The van der Waals surface area contributed by atoms with Crippen LogP contribution in [0.25, 0.3) is 11.1 Å². The van der Waals surface area contributed by atoms with Gasteiger partial charge in [0.05, 0.1) is 17.2 Å². The monoisotopic (exact) mass is 395 g/mol. The lowest BCUT2D eigenvalue weighted by Crippen LogP contribution is -2.22. The second-order valence-electron chi connectivity index (χ2n) is 6.75. The van der Waals surface area contributed by atoms with Crippen molar-refractivity contribution >= 4 is 5.97 Å². The van der Waals surface area contributed by atoms with Gasteiger partial charge in [-0.3, -0.25) is 0 Å². The summed E-state index contributed by atoms with van der Waals surface area (Å²) in [6.45, 7) is 0.113. The molecule has 0 saturated heterocycles. The van der Waals surface area contributed by atoms with Crippen LogP contribution >= 0.6 is 0 Å². The standard InChI is InChI=1S/C25H27NO3/c1-18-6-2-11-22(14-18)24(27)17-26-13-5-8-19-7-3-9-20(15-19)21-10-4-12-23(16-21)25(28)29/h2-4,6-7,9-12,14-16,24,26-27H,5,8,13,17H2,1H3,(H,28,29)/t24-/m0/s1/i4D,10D,12D,16D,17D2. The highest BCUT2D eigenvalue weighted by Gasteiger charge is 2.07. The van der Waals surface area contributed by atoms with Crippen LogP contribution in [0, 0.1) is 6.92 Å². The molecule has 0 radical (unpaired) electrons. The first-order valence-corrected chi connectivity index (χ1v) is 9.36. The molecular weight excluding hydrogens is 362 g/mol. The molecule has 0 saturated carbocycles. The second kappa shape index (κ2) is 10.0. The average molecular weight is 396 g/mol. The van der Waals surface area contributed by atoms with Gasteiger partial charge in [-0.15, -0.1) is 0 Å². The summed E-state index contributed by atoms with van der Waals surface area (Å²) in [6, 6.07) is 11.9. The molecule has 150 valence electrons. The Hall–Kier alpha value is -2.95. The van der Waals surface area contributed by atoms with Gasteiger partial charge in [0.1, 0.15) is 0 Å². The molecule has 0 bridgehead atoms. The van der Waals surface area contributed by atoms with Gasteiger partial charge < -0.3 is 15.5 Å². The van der Waals surface area contributed by atoms with Gasteiger partial charge >= 0.3 is 5.97 Å². The first-order chi connectivity index (χ1) is 16.4. The number of rotatable bonds is 9. The van der Waals surface area contributed by atoms with Crippen molar-refractivity contribution in [3.05, 3.63) is 95.0 Å². The van der Waals surface area contributed by atoms with Crippen molar-refractivity contribution in [2.24, 2.45) is 0 Å². The molecule has 0 aliphatic heterocycles. The fourth-order valence-corrected chi connectivity index (χ4v) is 2.95. The van der Waals surface area contributed by atoms with Gasteiger partial charge in [-0.25, -0.2) is 4.79 Å². The van der Waals surface area contributed by atoms with Crippen LogP contribution < -0.4 is 5.32 Å². The topological polar surface area (TPSA) is 69.6 Å². The second-order valence-corrected chi connectivity index (χ2v) is 6.75. The van der Waals surface area contributed by atoms with E-state index < -0.39 is 42.3 Å². The Bertz CT molecular complexity index is 1250. The van der Waals surface area contributed by atoms with Crippen LogP contribution in [0.5, 0.6) is 0 Å². The molecule has 3 aromatic rings. The predicted molar refractivity (Wildman–Crippen MR) is 116 cm³/mol. The summed E-state index contributed by atoms with van der Waals surface area (Å²) >= 11 is 0. The van der Waals surface area contributed by atoms with Gasteiger partial charge in [0.15, 0.2) is 0 Å². The molecule has 1 atom stereocenters. The van der Waals surface area contributed by atoms with Crippen molar-refractivity contribution in [3.63, 3.8) is 0 Å². The zero-order chi connectivity index (χ0) is 25.9. The van der Waals surface area contributed by atoms with Crippen molar-refractivity contribution in [1.82, 2.24) is 5.32 Å². The molecule has 0 fully saturated rings. The summed E-state index contributed by atoms with van der Waals surface area (Å²) < 4.78 is 48.6. The number of aromatic carboxylic acids is 1. The molecule has 3 aromatic carbocycles. The fraction of sp³-hybridized carbons (Fsp3) is 0.240. The molecule has 0 amide bonds. The van der Waals surface area contributed by atoms with Gasteiger partial charge in [-0.1, -0.05) is 66.2 Å². The van der Waals surface area contributed by atoms with E-state index in [0.717, 1.165) is 11.1 Å². The molecule has 0 aliphatic carbocycles. The number of carbonyl (C=O) groups is 1. The van der Waals surface area contributed by atoms with Crippen LogP contribution in [0.1, 0.15) is 47.8 Å². The Kier molecular flexibility index (Phi) is 4.87. The zero-order valence-corrected chi connectivity index (χ0v) is 16.1. The van der Waals surface area contributed by atoms with E-state index in [2.05, 4.69) is 5.32 Å². The normalized spacial score (nSPS) is 15.4. The van der Waals surface area contributed by atoms with E-state index >= 15 is 0 Å². The molecule has 0 aromatic heterocycles. The molecule has 0 heterocycles. The van der Waals surface area contributed by atoms with E-state index in [1.165, 1.54) is 0 Å². The summed E-state index contributed by atoms with van der Waals surface area (Å²) in [6.07, 6.45) is -0.284.